The number of carbonyl (C=O) groups is 1. The van der Waals surface area contributed by atoms with Crippen molar-refractivity contribution in [2.24, 2.45) is 5.73 Å². The highest BCUT2D eigenvalue weighted by atomic mass is 35.5. The van der Waals surface area contributed by atoms with Crippen LogP contribution in [0.1, 0.15) is 24.0 Å². The highest BCUT2D eigenvalue weighted by Gasteiger charge is 1.96. The Morgan fingerprint density at radius 1 is 1.29 bits per heavy atom. The first-order valence-electron chi connectivity index (χ1n) is 4.52. The quantitative estimate of drug-likeness (QED) is 0.819. The van der Waals surface area contributed by atoms with Crippen LogP contribution < -0.4 is 5.73 Å². The van der Waals surface area contributed by atoms with Crippen LogP contribution in [0.4, 0.5) is 0 Å². The number of nitrogens with two attached hydrogens (primary N) is 1. The van der Waals surface area contributed by atoms with Gasteiger partial charge in [-0.1, -0.05) is 29.8 Å². The van der Waals surface area contributed by atoms with Crippen molar-refractivity contribution in [3.63, 3.8) is 0 Å². The van der Waals surface area contributed by atoms with Crippen LogP contribution in [0.2, 0.25) is 0 Å². The van der Waals surface area contributed by atoms with Gasteiger partial charge in [-0.2, -0.15) is 0 Å². The molecule has 0 saturated heterocycles. The Balaban J connectivity index is 0.00000169. The zero-order valence-electron chi connectivity index (χ0n) is 8.32. The Morgan fingerprint density at radius 3 is 2.36 bits per heavy atom. The zero-order chi connectivity index (χ0) is 9.68. The highest BCUT2D eigenvalue weighted by molar-refractivity contribution is 5.85. The molecule has 3 heteroatoms. The van der Waals surface area contributed by atoms with E-state index in [1.165, 1.54) is 11.1 Å². The van der Waals surface area contributed by atoms with Gasteiger partial charge in [-0.25, -0.2) is 0 Å². The van der Waals surface area contributed by atoms with Crippen LogP contribution in [0.25, 0.3) is 0 Å². The third-order valence-corrected chi connectivity index (χ3v) is 2.01. The monoisotopic (exact) mass is 213 g/mol. The maximum atomic E-state index is 10.5. The number of primary amides is 1. The molecule has 2 nitrogen and oxygen atoms in total. The first kappa shape index (κ1) is 13.0. The third-order valence-electron chi connectivity index (χ3n) is 2.01. The van der Waals surface area contributed by atoms with E-state index in [0.717, 1.165) is 12.8 Å². The molecular formula is C11H16ClNO. The summed E-state index contributed by atoms with van der Waals surface area (Å²) in [6, 6.07) is 8.35. The van der Waals surface area contributed by atoms with E-state index in [1.807, 2.05) is 0 Å². The minimum atomic E-state index is -0.216. The SMILES string of the molecule is Cc1ccc(CCCC(N)=O)cc1.Cl. The van der Waals surface area contributed by atoms with Crippen molar-refractivity contribution in [1.29, 1.82) is 0 Å². The number of rotatable bonds is 4. The molecule has 1 aromatic carbocycles. The van der Waals surface area contributed by atoms with Crippen LogP contribution in [0.5, 0.6) is 0 Å². The van der Waals surface area contributed by atoms with E-state index < -0.39 is 0 Å². The summed E-state index contributed by atoms with van der Waals surface area (Å²) in [5.74, 6) is -0.216. The molecule has 0 aliphatic heterocycles. The summed E-state index contributed by atoms with van der Waals surface area (Å²) in [6.45, 7) is 2.06. The van der Waals surface area contributed by atoms with Crippen LogP contribution in [0.15, 0.2) is 24.3 Å². The van der Waals surface area contributed by atoms with Crippen molar-refractivity contribution in [2.75, 3.05) is 0 Å². The summed E-state index contributed by atoms with van der Waals surface area (Å²) < 4.78 is 0. The second-order valence-electron chi connectivity index (χ2n) is 3.31. The Labute approximate surface area is 90.9 Å². The van der Waals surface area contributed by atoms with Crippen molar-refractivity contribution < 1.29 is 4.79 Å². The van der Waals surface area contributed by atoms with Crippen LogP contribution >= 0.6 is 12.4 Å². The molecule has 0 fully saturated rings. The standard InChI is InChI=1S/C11H15NO.ClH/c1-9-5-7-10(8-6-9)3-2-4-11(12)13;/h5-8H,2-4H2,1H3,(H2,12,13);1H. The summed E-state index contributed by atoms with van der Waals surface area (Å²) in [5.41, 5.74) is 7.57. The van der Waals surface area contributed by atoms with Gasteiger partial charge in [0.2, 0.25) is 5.91 Å². The van der Waals surface area contributed by atoms with E-state index in [0.29, 0.717) is 6.42 Å². The van der Waals surface area contributed by atoms with Crippen molar-refractivity contribution in [3.8, 4) is 0 Å². The first-order valence-corrected chi connectivity index (χ1v) is 4.52. The van der Waals surface area contributed by atoms with E-state index in [9.17, 15) is 4.79 Å². The topological polar surface area (TPSA) is 43.1 Å². The van der Waals surface area contributed by atoms with Gasteiger partial charge >= 0.3 is 0 Å². The molecule has 0 radical (unpaired) electrons. The Bertz CT molecular complexity index is 282. The highest BCUT2D eigenvalue weighted by Crippen LogP contribution is 2.06. The fraction of sp³-hybridized carbons (Fsp3) is 0.364. The average Bonchev–Trinajstić information content (AvgIpc) is 2.08. The summed E-state index contributed by atoms with van der Waals surface area (Å²) >= 11 is 0. The fourth-order valence-corrected chi connectivity index (χ4v) is 1.22. The molecule has 1 rings (SSSR count). The van der Waals surface area contributed by atoms with E-state index in [1.54, 1.807) is 0 Å². The normalized spacial score (nSPS) is 9.21. The van der Waals surface area contributed by atoms with Crippen LogP contribution in [-0.2, 0) is 11.2 Å². The van der Waals surface area contributed by atoms with Gasteiger partial charge < -0.3 is 5.73 Å². The molecule has 0 aliphatic carbocycles. The number of aryl methyl sites for hydroxylation is 2. The lowest BCUT2D eigenvalue weighted by atomic mass is 10.1. The molecule has 1 amide bonds. The van der Waals surface area contributed by atoms with Gasteiger partial charge in [0, 0.05) is 6.42 Å². The second-order valence-corrected chi connectivity index (χ2v) is 3.31. The molecule has 0 saturated carbocycles. The molecule has 1 aromatic rings. The molecule has 0 aliphatic rings. The van der Waals surface area contributed by atoms with E-state index in [-0.39, 0.29) is 18.3 Å². The number of hydrogen-bond donors (Lipinski definition) is 1. The van der Waals surface area contributed by atoms with Gasteiger partial charge in [-0.3, -0.25) is 4.79 Å². The summed E-state index contributed by atoms with van der Waals surface area (Å²) in [4.78, 5) is 10.5. The maximum Gasteiger partial charge on any atom is 0.217 e. The molecule has 2 N–H and O–H groups in total. The van der Waals surface area contributed by atoms with Crippen LogP contribution in [-0.4, -0.2) is 5.91 Å². The molecule has 0 heterocycles. The predicted octanol–water partition coefficient (Wildman–Crippen LogP) is 2.22. The molecule has 0 aromatic heterocycles. The fourth-order valence-electron chi connectivity index (χ4n) is 1.22. The summed E-state index contributed by atoms with van der Waals surface area (Å²) in [5, 5.41) is 0. The lowest BCUT2D eigenvalue weighted by Gasteiger charge is -2.00. The Hall–Kier alpha value is -1.02. The van der Waals surface area contributed by atoms with E-state index in [2.05, 4.69) is 31.2 Å². The number of halogens is 1. The van der Waals surface area contributed by atoms with E-state index in [4.69, 9.17) is 5.73 Å². The number of carbonyl (C=O) groups excluding carboxylic acids is 1. The number of hydrogen-bond acceptors (Lipinski definition) is 1. The van der Waals surface area contributed by atoms with Gasteiger partial charge in [0.15, 0.2) is 0 Å². The smallest absolute Gasteiger partial charge is 0.217 e. The van der Waals surface area contributed by atoms with Crippen LogP contribution in [0.3, 0.4) is 0 Å². The third kappa shape index (κ3) is 4.87. The van der Waals surface area contributed by atoms with Gasteiger partial charge in [-0.05, 0) is 25.3 Å². The molecule has 14 heavy (non-hydrogen) atoms. The lowest BCUT2D eigenvalue weighted by Crippen LogP contribution is -2.10. The van der Waals surface area contributed by atoms with Gasteiger partial charge in [0.25, 0.3) is 0 Å². The Morgan fingerprint density at radius 2 is 1.86 bits per heavy atom. The van der Waals surface area contributed by atoms with E-state index >= 15 is 0 Å². The minimum Gasteiger partial charge on any atom is -0.370 e. The molecule has 0 spiro atoms. The van der Waals surface area contributed by atoms with Crippen molar-refractivity contribution >= 4 is 18.3 Å². The second kappa shape index (κ2) is 6.44. The first-order chi connectivity index (χ1) is 6.18. The van der Waals surface area contributed by atoms with Gasteiger partial charge in [0.05, 0.1) is 0 Å². The van der Waals surface area contributed by atoms with Crippen molar-refractivity contribution in [1.82, 2.24) is 0 Å². The lowest BCUT2D eigenvalue weighted by molar-refractivity contribution is -0.118. The average molecular weight is 214 g/mol. The zero-order valence-corrected chi connectivity index (χ0v) is 9.14. The van der Waals surface area contributed by atoms with Crippen molar-refractivity contribution in [3.05, 3.63) is 35.4 Å². The summed E-state index contributed by atoms with van der Waals surface area (Å²) in [6.07, 6.45) is 2.26. The minimum absolute atomic E-state index is 0. The molecule has 0 unspecified atom stereocenters. The maximum absolute atomic E-state index is 10.5. The number of amides is 1. The molecular weight excluding hydrogens is 198 g/mol. The molecule has 0 bridgehead atoms. The summed E-state index contributed by atoms with van der Waals surface area (Å²) in [7, 11) is 0. The van der Waals surface area contributed by atoms with Crippen molar-refractivity contribution in [2.45, 2.75) is 26.2 Å². The predicted molar refractivity (Wildman–Crippen MR) is 60.6 cm³/mol. The van der Waals surface area contributed by atoms with Crippen LogP contribution in [0, 0.1) is 6.92 Å². The molecule has 78 valence electrons. The largest absolute Gasteiger partial charge is 0.370 e. The molecule has 0 atom stereocenters. The Kier molecular flexibility index (Phi) is 5.97. The van der Waals surface area contributed by atoms with Gasteiger partial charge in [-0.15, -0.1) is 12.4 Å². The van der Waals surface area contributed by atoms with Gasteiger partial charge in [0.1, 0.15) is 0 Å². The number of benzene rings is 1.